The second kappa shape index (κ2) is 10.3. The molecule has 1 heterocycles. The maximum atomic E-state index is 14.5. The number of amides is 1. The van der Waals surface area contributed by atoms with Crippen molar-refractivity contribution in [2.75, 3.05) is 13.7 Å². The van der Waals surface area contributed by atoms with E-state index in [1.807, 2.05) is 0 Å². The molecule has 3 aromatic carbocycles. The quantitative estimate of drug-likeness (QED) is 0.141. The molecule has 1 unspecified atom stereocenters. The molecule has 5 rings (SSSR count). The third kappa shape index (κ3) is 5.03. The van der Waals surface area contributed by atoms with Crippen LogP contribution in [0.3, 0.4) is 0 Å². The van der Waals surface area contributed by atoms with E-state index in [0.29, 0.717) is 21.9 Å². The SMILES string of the molecule is CON=C(CNC(=O)c1ccc(C2=NOC(c3cc(Cl)c(F)c(Cl)c3)(C(F)(F)F)C2)c2ccccc12)C1CC1. The molecule has 1 aliphatic carbocycles. The van der Waals surface area contributed by atoms with E-state index in [2.05, 4.69) is 15.6 Å². The van der Waals surface area contributed by atoms with E-state index in [4.69, 9.17) is 32.9 Å². The Morgan fingerprint density at radius 3 is 2.44 bits per heavy atom. The van der Waals surface area contributed by atoms with Crippen molar-refractivity contribution in [3.63, 3.8) is 0 Å². The molecule has 2 aliphatic rings. The molecule has 1 aliphatic heterocycles. The molecule has 204 valence electrons. The summed E-state index contributed by atoms with van der Waals surface area (Å²) in [4.78, 5) is 23.0. The fourth-order valence-electron chi connectivity index (χ4n) is 4.64. The standard InChI is InChI=1S/C27H21Cl2F4N3O3/c1-38-35-23(14-6-7-14)13-34-25(37)19-9-8-18(16-4-2-3-5-17(16)19)22-12-26(39-36-22,27(31,32)33)15-10-20(28)24(30)21(29)11-15/h2-5,8-11,14H,6-7,12-13H2,1H3,(H,34,37). The summed E-state index contributed by atoms with van der Waals surface area (Å²) in [5, 5.41) is 10.5. The van der Waals surface area contributed by atoms with Gasteiger partial charge in [-0.1, -0.05) is 63.8 Å². The van der Waals surface area contributed by atoms with Crippen LogP contribution in [0.5, 0.6) is 0 Å². The molecule has 6 nitrogen and oxygen atoms in total. The number of benzene rings is 3. The number of carbonyl (C=O) groups is 1. The zero-order chi connectivity index (χ0) is 27.9. The van der Waals surface area contributed by atoms with Gasteiger partial charge in [-0.2, -0.15) is 13.2 Å². The average Bonchev–Trinajstić information content (AvgIpc) is 3.65. The van der Waals surface area contributed by atoms with Crippen molar-refractivity contribution >= 4 is 51.3 Å². The fraction of sp³-hybridized carbons (Fsp3) is 0.296. The largest absolute Gasteiger partial charge is 0.435 e. The number of hydrogen-bond donors (Lipinski definition) is 1. The maximum Gasteiger partial charge on any atom is 0.435 e. The van der Waals surface area contributed by atoms with E-state index in [1.54, 1.807) is 24.3 Å². The van der Waals surface area contributed by atoms with Gasteiger partial charge in [0.2, 0.25) is 0 Å². The molecule has 1 amide bonds. The van der Waals surface area contributed by atoms with Crippen molar-refractivity contribution in [3.05, 3.63) is 81.1 Å². The molecule has 0 aromatic heterocycles. The molecule has 1 atom stereocenters. The van der Waals surface area contributed by atoms with Gasteiger partial charge in [-0.05, 0) is 41.8 Å². The van der Waals surface area contributed by atoms with Gasteiger partial charge in [0.1, 0.15) is 7.11 Å². The minimum atomic E-state index is -4.94. The second-order valence-electron chi connectivity index (χ2n) is 9.31. The number of halogens is 6. The summed E-state index contributed by atoms with van der Waals surface area (Å²) in [5.74, 6) is -1.12. The molecule has 3 aromatic rings. The molecule has 12 heteroatoms. The summed E-state index contributed by atoms with van der Waals surface area (Å²) in [6.07, 6.45) is -3.70. The predicted octanol–water partition coefficient (Wildman–Crippen LogP) is 7.01. The predicted molar refractivity (Wildman–Crippen MR) is 140 cm³/mol. The Balaban J connectivity index is 1.48. The van der Waals surface area contributed by atoms with Crippen LogP contribution in [-0.4, -0.2) is 37.2 Å². The van der Waals surface area contributed by atoms with Crippen LogP contribution in [0.4, 0.5) is 17.6 Å². The van der Waals surface area contributed by atoms with E-state index in [-0.39, 0.29) is 24.1 Å². The molecule has 0 bridgehead atoms. The maximum absolute atomic E-state index is 14.5. The van der Waals surface area contributed by atoms with Gasteiger partial charge in [-0.25, -0.2) is 4.39 Å². The summed E-state index contributed by atoms with van der Waals surface area (Å²) >= 11 is 11.6. The Morgan fingerprint density at radius 2 is 1.82 bits per heavy atom. The first-order chi connectivity index (χ1) is 18.6. The number of nitrogens with one attached hydrogen (secondary N) is 1. The van der Waals surface area contributed by atoms with Gasteiger partial charge in [0.05, 0.1) is 28.0 Å². The molecular weight excluding hydrogens is 561 g/mol. The average molecular weight is 582 g/mol. The third-order valence-electron chi connectivity index (χ3n) is 6.80. The first-order valence-corrected chi connectivity index (χ1v) is 12.7. The Bertz CT molecular complexity index is 1500. The highest BCUT2D eigenvalue weighted by Gasteiger charge is 2.62. The molecule has 0 spiro atoms. The Hall–Kier alpha value is -3.37. The van der Waals surface area contributed by atoms with E-state index < -0.39 is 39.6 Å². The van der Waals surface area contributed by atoms with Crippen LogP contribution in [0.25, 0.3) is 10.8 Å². The van der Waals surface area contributed by atoms with Crippen LogP contribution in [0, 0.1) is 11.7 Å². The van der Waals surface area contributed by atoms with E-state index >= 15 is 0 Å². The van der Waals surface area contributed by atoms with Crippen LogP contribution in [0.1, 0.15) is 40.7 Å². The van der Waals surface area contributed by atoms with Gasteiger partial charge in [0.25, 0.3) is 11.5 Å². The number of oxime groups is 2. The van der Waals surface area contributed by atoms with Crippen molar-refractivity contribution in [1.82, 2.24) is 5.32 Å². The van der Waals surface area contributed by atoms with Crippen molar-refractivity contribution in [3.8, 4) is 0 Å². The van der Waals surface area contributed by atoms with E-state index in [9.17, 15) is 22.4 Å². The summed E-state index contributed by atoms with van der Waals surface area (Å²) < 4.78 is 57.3. The molecule has 0 radical (unpaired) electrons. The van der Waals surface area contributed by atoms with Crippen molar-refractivity contribution in [2.24, 2.45) is 16.2 Å². The topological polar surface area (TPSA) is 72.3 Å². The first-order valence-electron chi connectivity index (χ1n) is 11.9. The number of rotatable bonds is 7. The van der Waals surface area contributed by atoms with E-state index in [1.165, 1.54) is 19.2 Å². The number of nitrogens with zero attached hydrogens (tertiary/aromatic N) is 2. The monoisotopic (exact) mass is 581 g/mol. The lowest BCUT2D eigenvalue weighted by molar-refractivity contribution is -0.275. The lowest BCUT2D eigenvalue weighted by Gasteiger charge is -2.29. The Labute approximate surface area is 230 Å². The van der Waals surface area contributed by atoms with Gasteiger partial charge >= 0.3 is 6.18 Å². The smallest absolute Gasteiger partial charge is 0.399 e. The Morgan fingerprint density at radius 1 is 1.15 bits per heavy atom. The van der Waals surface area contributed by atoms with Crippen LogP contribution in [-0.2, 0) is 15.3 Å². The summed E-state index contributed by atoms with van der Waals surface area (Å²) in [5.41, 5.74) is -1.98. The van der Waals surface area contributed by atoms with Gasteiger partial charge in [0, 0.05) is 29.0 Å². The number of hydrogen-bond acceptors (Lipinski definition) is 5. The van der Waals surface area contributed by atoms with Crippen molar-refractivity contribution < 1.29 is 32.0 Å². The number of fused-ring (bicyclic) bond motifs is 1. The van der Waals surface area contributed by atoms with Gasteiger partial charge < -0.3 is 15.0 Å². The third-order valence-corrected chi connectivity index (χ3v) is 7.35. The highest BCUT2D eigenvalue weighted by atomic mass is 35.5. The first kappa shape index (κ1) is 27.2. The van der Waals surface area contributed by atoms with Crippen molar-refractivity contribution in [1.29, 1.82) is 0 Å². The van der Waals surface area contributed by atoms with Gasteiger partial charge in [0.15, 0.2) is 5.82 Å². The van der Waals surface area contributed by atoms with Gasteiger partial charge in [-0.15, -0.1) is 0 Å². The Kier molecular flexibility index (Phi) is 7.19. The van der Waals surface area contributed by atoms with Crippen LogP contribution >= 0.6 is 23.2 Å². The zero-order valence-corrected chi connectivity index (χ0v) is 21.9. The number of carbonyl (C=O) groups excluding carboxylic acids is 1. The summed E-state index contributed by atoms with van der Waals surface area (Å²) in [7, 11) is 1.44. The van der Waals surface area contributed by atoms with Crippen LogP contribution in [0.2, 0.25) is 10.0 Å². The zero-order valence-electron chi connectivity index (χ0n) is 20.4. The lowest BCUT2D eigenvalue weighted by Crippen LogP contribution is -2.42. The molecule has 1 N–H and O–H groups in total. The molecule has 39 heavy (non-hydrogen) atoms. The van der Waals surface area contributed by atoms with E-state index in [0.717, 1.165) is 30.7 Å². The molecule has 0 saturated heterocycles. The highest BCUT2D eigenvalue weighted by molar-refractivity contribution is 6.35. The lowest BCUT2D eigenvalue weighted by atomic mass is 9.85. The highest BCUT2D eigenvalue weighted by Crippen LogP contribution is 2.50. The normalized spacial score (nSPS) is 19.6. The van der Waals surface area contributed by atoms with Crippen molar-refractivity contribution in [2.45, 2.75) is 31.0 Å². The van der Waals surface area contributed by atoms with Gasteiger partial charge in [-0.3, -0.25) is 4.79 Å². The minimum absolute atomic E-state index is 0.00435. The summed E-state index contributed by atoms with van der Waals surface area (Å²) in [6.45, 7) is 0.213. The fourth-order valence-corrected chi connectivity index (χ4v) is 5.12. The summed E-state index contributed by atoms with van der Waals surface area (Å²) in [6, 6.07) is 11.5. The molecule has 1 fully saturated rings. The minimum Gasteiger partial charge on any atom is -0.399 e. The molecular formula is C27H21Cl2F4N3O3. The van der Waals surface area contributed by atoms with Crippen LogP contribution in [0.15, 0.2) is 58.8 Å². The second-order valence-corrected chi connectivity index (χ2v) is 10.1. The van der Waals surface area contributed by atoms with Crippen LogP contribution < -0.4 is 5.32 Å². The molecule has 1 saturated carbocycles. The number of alkyl halides is 3.